The molecule has 0 aromatic carbocycles. The second kappa shape index (κ2) is 1.72. The Labute approximate surface area is 56.5 Å². The summed E-state index contributed by atoms with van der Waals surface area (Å²) in [6.45, 7) is 0. The lowest BCUT2D eigenvalue weighted by Gasteiger charge is -1.92. The zero-order chi connectivity index (χ0) is 6.10. The van der Waals surface area contributed by atoms with Crippen molar-refractivity contribution in [3.05, 3.63) is 18.3 Å². The minimum absolute atomic E-state index is 0.944. The average Bonchev–Trinajstić information content (AvgIpc) is 2.33. The maximum absolute atomic E-state index is 4.08. The molecule has 1 aromatic heterocycles. The summed E-state index contributed by atoms with van der Waals surface area (Å²) in [4.78, 5) is 5.28. The first kappa shape index (κ1) is 4.79. The number of nitrogens with one attached hydrogen (secondary N) is 1. The monoisotopic (exact) mass is 137 g/mol. The molecule has 0 spiro atoms. The van der Waals surface area contributed by atoms with Gasteiger partial charge in [0.1, 0.15) is 0 Å². The fourth-order valence-corrected chi connectivity index (χ4v) is 1.39. The Morgan fingerprint density at radius 3 is 3.56 bits per heavy atom. The molecule has 0 fully saturated rings. The van der Waals surface area contributed by atoms with Gasteiger partial charge < -0.3 is 0 Å². The Hall–Kier alpha value is -1.05. The van der Waals surface area contributed by atoms with E-state index in [1.807, 2.05) is 12.1 Å². The third kappa shape index (κ3) is 0.669. The first-order valence-electron chi connectivity index (χ1n) is 2.63. The third-order valence-corrected chi connectivity index (χ3v) is 1.96. The summed E-state index contributed by atoms with van der Waals surface area (Å²) < 4.78 is 0. The van der Waals surface area contributed by atoms with Gasteiger partial charge in [0, 0.05) is 11.5 Å². The van der Waals surface area contributed by atoms with Gasteiger partial charge in [0.15, 0.2) is 5.82 Å². The summed E-state index contributed by atoms with van der Waals surface area (Å²) in [6, 6.07) is 3.97. The van der Waals surface area contributed by atoms with Crippen LogP contribution in [0.4, 0.5) is 5.82 Å². The van der Waals surface area contributed by atoms with Gasteiger partial charge in [0.2, 0.25) is 0 Å². The van der Waals surface area contributed by atoms with Gasteiger partial charge in [-0.05, 0) is 12.1 Å². The SMILES string of the molecule is C1#[SH]c2cccnc2N1. The summed E-state index contributed by atoms with van der Waals surface area (Å²) in [7, 11) is 0. The molecule has 1 aromatic rings. The second-order valence-corrected chi connectivity index (χ2v) is 2.65. The van der Waals surface area contributed by atoms with Gasteiger partial charge in [-0.3, -0.25) is 5.32 Å². The zero-order valence-corrected chi connectivity index (χ0v) is 5.52. The Bertz CT molecular complexity index is 297. The highest BCUT2D eigenvalue weighted by Crippen LogP contribution is 2.21. The summed E-state index contributed by atoms with van der Waals surface area (Å²) >= 11 is 1.10. The molecule has 2 heterocycles. The van der Waals surface area contributed by atoms with Gasteiger partial charge in [0.25, 0.3) is 0 Å². The Balaban J connectivity index is 2.66. The predicted octanol–water partition coefficient (Wildman–Crippen LogP) is 1.25. The molecule has 0 amide bonds. The quantitative estimate of drug-likeness (QED) is 0.526. The molecule has 2 nitrogen and oxygen atoms in total. The van der Waals surface area contributed by atoms with Crippen LogP contribution in [0.15, 0.2) is 23.2 Å². The third-order valence-electron chi connectivity index (χ3n) is 1.14. The van der Waals surface area contributed by atoms with Crippen LogP contribution in [0.5, 0.6) is 0 Å². The number of hydrogen-bond donors (Lipinski definition) is 2. The van der Waals surface area contributed by atoms with Gasteiger partial charge in [-0.2, -0.15) is 11.2 Å². The molecule has 0 bridgehead atoms. The van der Waals surface area contributed by atoms with Crippen molar-refractivity contribution in [2.24, 2.45) is 0 Å². The van der Waals surface area contributed by atoms with Crippen LogP contribution in [0.25, 0.3) is 0 Å². The van der Waals surface area contributed by atoms with Gasteiger partial charge in [-0.1, -0.05) is 0 Å². The number of fused-ring (bicyclic) bond motifs is 1. The van der Waals surface area contributed by atoms with E-state index in [9.17, 15) is 0 Å². The van der Waals surface area contributed by atoms with E-state index >= 15 is 0 Å². The standard InChI is InChI=1S/C6H5N2S/c1-2-5-6(7-3-1)8-4-9-5/h1-3,9H,(H,7,8). The van der Waals surface area contributed by atoms with Crippen molar-refractivity contribution in [3.63, 3.8) is 0 Å². The predicted molar refractivity (Wildman–Crippen MR) is 39.0 cm³/mol. The Kier molecular flexibility index (Phi) is 0.918. The van der Waals surface area contributed by atoms with Crippen molar-refractivity contribution in [1.29, 1.82) is 0 Å². The maximum atomic E-state index is 4.08. The van der Waals surface area contributed by atoms with Gasteiger partial charge in [-0.25, -0.2) is 4.98 Å². The summed E-state index contributed by atoms with van der Waals surface area (Å²) in [6.07, 6.45) is 1.77. The number of hydrogen-bond acceptors (Lipinski definition) is 2. The summed E-state index contributed by atoms with van der Waals surface area (Å²) in [5, 5.41) is 5.87. The molecule has 3 heteroatoms. The van der Waals surface area contributed by atoms with Crippen LogP contribution in [0.3, 0.4) is 0 Å². The van der Waals surface area contributed by atoms with Crippen molar-refractivity contribution < 1.29 is 0 Å². The van der Waals surface area contributed by atoms with Crippen LogP contribution in [-0.2, 0) is 0 Å². The summed E-state index contributed by atoms with van der Waals surface area (Å²) in [5.41, 5.74) is 0. The normalized spacial score (nSPS) is 12.0. The first-order chi connectivity index (χ1) is 4.47. The van der Waals surface area contributed by atoms with Crippen LogP contribution in [0.1, 0.15) is 0 Å². The van der Waals surface area contributed by atoms with Crippen LogP contribution < -0.4 is 5.32 Å². The van der Waals surface area contributed by atoms with Crippen molar-refractivity contribution in [2.75, 3.05) is 5.32 Å². The zero-order valence-electron chi connectivity index (χ0n) is 4.63. The lowest BCUT2D eigenvalue weighted by molar-refractivity contribution is 1.25. The minimum atomic E-state index is 0.944. The molecule has 45 valence electrons. The van der Waals surface area contributed by atoms with E-state index in [4.69, 9.17) is 0 Å². The topological polar surface area (TPSA) is 24.9 Å². The van der Waals surface area contributed by atoms with E-state index in [1.165, 1.54) is 4.90 Å². The van der Waals surface area contributed by atoms with Crippen LogP contribution in [0.2, 0.25) is 0 Å². The van der Waals surface area contributed by atoms with Gasteiger partial charge >= 0.3 is 0 Å². The van der Waals surface area contributed by atoms with Crippen LogP contribution in [0, 0.1) is 5.31 Å². The highest BCUT2D eigenvalue weighted by atomic mass is 32.1. The molecular formula is C6H5N2S. The van der Waals surface area contributed by atoms with Crippen molar-refractivity contribution >= 4 is 17.0 Å². The molecule has 0 atom stereocenters. The molecular weight excluding hydrogens is 132 g/mol. The fourth-order valence-electron chi connectivity index (χ4n) is 0.724. The second-order valence-electron chi connectivity index (χ2n) is 1.72. The Morgan fingerprint density at radius 1 is 1.67 bits per heavy atom. The summed E-state index contributed by atoms with van der Waals surface area (Å²) in [5.74, 6) is 0.944. The van der Waals surface area contributed by atoms with E-state index < -0.39 is 0 Å². The van der Waals surface area contributed by atoms with E-state index in [0.717, 1.165) is 17.0 Å². The van der Waals surface area contributed by atoms with Gasteiger partial charge in [-0.15, -0.1) is 0 Å². The largest absolute Gasteiger partial charge is 0.297 e. The number of aromatic nitrogens is 1. The molecule has 1 aliphatic heterocycles. The minimum Gasteiger partial charge on any atom is -0.297 e. The van der Waals surface area contributed by atoms with E-state index in [0.29, 0.717) is 0 Å². The van der Waals surface area contributed by atoms with E-state index in [-0.39, 0.29) is 0 Å². The Morgan fingerprint density at radius 2 is 2.67 bits per heavy atom. The lowest BCUT2D eigenvalue weighted by Crippen LogP contribution is -1.86. The van der Waals surface area contributed by atoms with E-state index in [1.54, 1.807) is 6.20 Å². The number of rotatable bonds is 0. The molecule has 1 radical (unpaired) electrons. The molecule has 0 aliphatic carbocycles. The average molecular weight is 137 g/mol. The molecule has 1 N–H and O–H groups in total. The first-order valence-corrected chi connectivity index (χ1v) is 3.53. The van der Waals surface area contributed by atoms with Crippen molar-refractivity contribution in [3.8, 4) is 5.31 Å². The molecule has 9 heavy (non-hydrogen) atoms. The smallest absolute Gasteiger partial charge is 0.154 e. The molecule has 1 aliphatic rings. The van der Waals surface area contributed by atoms with E-state index in [2.05, 4.69) is 15.6 Å². The maximum Gasteiger partial charge on any atom is 0.154 e. The van der Waals surface area contributed by atoms with Crippen molar-refractivity contribution in [2.45, 2.75) is 4.90 Å². The fraction of sp³-hybridized carbons (Fsp3) is 0. The lowest BCUT2D eigenvalue weighted by atomic mass is 10.5. The highest BCUT2D eigenvalue weighted by Gasteiger charge is 1.99. The number of nitrogens with zero attached hydrogens (tertiary/aromatic N) is 1. The molecule has 0 unspecified atom stereocenters. The molecule has 0 saturated carbocycles. The highest BCUT2D eigenvalue weighted by molar-refractivity contribution is 7.89. The molecule has 0 saturated heterocycles. The number of pyridine rings is 1. The van der Waals surface area contributed by atoms with Crippen LogP contribution in [-0.4, -0.2) is 4.98 Å². The number of anilines is 1. The van der Waals surface area contributed by atoms with Crippen LogP contribution >= 0.6 is 11.2 Å². The van der Waals surface area contributed by atoms with Crippen molar-refractivity contribution in [1.82, 2.24) is 4.98 Å². The number of thiol groups is 1. The van der Waals surface area contributed by atoms with Gasteiger partial charge in [0.05, 0.1) is 4.90 Å². The molecule has 2 rings (SSSR count).